The molecular formula is C15H20N2O3S. The molecule has 0 saturated heterocycles. The van der Waals surface area contributed by atoms with Crippen molar-refractivity contribution in [1.82, 2.24) is 0 Å². The van der Waals surface area contributed by atoms with Gasteiger partial charge in [0.05, 0.1) is 11.7 Å². The Labute approximate surface area is 128 Å². The average molecular weight is 308 g/mol. The lowest BCUT2D eigenvalue weighted by atomic mass is 9.94. The van der Waals surface area contributed by atoms with Crippen LogP contribution in [0.25, 0.3) is 0 Å². The van der Waals surface area contributed by atoms with E-state index < -0.39 is 11.7 Å². The number of nitrogens with zero attached hydrogens (tertiary/aromatic N) is 1. The van der Waals surface area contributed by atoms with Crippen LogP contribution < -0.4 is 5.32 Å². The van der Waals surface area contributed by atoms with Crippen LogP contribution in [0, 0.1) is 11.3 Å². The molecule has 5 nitrogen and oxygen atoms in total. The van der Waals surface area contributed by atoms with Crippen LogP contribution in [0.2, 0.25) is 0 Å². The summed E-state index contributed by atoms with van der Waals surface area (Å²) in [5.41, 5.74) is 1.05. The smallest absolute Gasteiger partial charge is 0.412 e. The van der Waals surface area contributed by atoms with Gasteiger partial charge in [-0.15, -0.1) is 11.3 Å². The molecule has 1 N–H and O–H groups in total. The summed E-state index contributed by atoms with van der Waals surface area (Å²) in [7, 11) is 1.70. The number of thiophene rings is 1. The first-order valence-electron chi connectivity index (χ1n) is 6.91. The van der Waals surface area contributed by atoms with E-state index in [4.69, 9.17) is 9.47 Å². The Morgan fingerprint density at radius 2 is 2.19 bits per heavy atom. The van der Waals surface area contributed by atoms with Crippen LogP contribution >= 0.6 is 11.3 Å². The first-order valence-corrected chi connectivity index (χ1v) is 7.73. The predicted octanol–water partition coefficient (Wildman–Crippen LogP) is 3.47. The van der Waals surface area contributed by atoms with E-state index in [1.165, 1.54) is 11.3 Å². The van der Waals surface area contributed by atoms with Crippen molar-refractivity contribution in [3.05, 3.63) is 16.0 Å². The van der Waals surface area contributed by atoms with Gasteiger partial charge in [0.1, 0.15) is 16.7 Å². The number of rotatable bonds is 2. The summed E-state index contributed by atoms with van der Waals surface area (Å²) in [5.74, 6) is 0. The predicted molar refractivity (Wildman–Crippen MR) is 81.7 cm³/mol. The molecular weight excluding hydrogens is 288 g/mol. The quantitative estimate of drug-likeness (QED) is 0.908. The monoisotopic (exact) mass is 308 g/mol. The van der Waals surface area contributed by atoms with Gasteiger partial charge in [-0.2, -0.15) is 5.26 Å². The molecule has 1 atom stereocenters. The Morgan fingerprint density at radius 1 is 1.48 bits per heavy atom. The second-order valence-electron chi connectivity index (χ2n) is 6.05. The molecule has 1 aliphatic rings. The molecule has 114 valence electrons. The lowest BCUT2D eigenvalue weighted by molar-refractivity contribution is 0.0636. The van der Waals surface area contributed by atoms with Gasteiger partial charge in [0.15, 0.2) is 0 Å². The molecule has 21 heavy (non-hydrogen) atoms. The Bertz CT molecular complexity index is 581. The van der Waals surface area contributed by atoms with Crippen LogP contribution in [0.3, 0.4) is 0 Å². The molecule has 1 heterocycles. The summed E-state index contributed by atoms with van der Waals surface area (Å²) in [6.07, 6.45) is 2.17. The van der Waals surface area contributed by atoms with Gasteiger partial charge < -0.3 is 9.47 Å². The Morgan fingerprint density at radius 3 is 2.76 bits per heavy atom. The zero-order valence-corrected chi connectivity index (χ0v) is 13.6. The van der Waals surface area contributed by atoms with Crippen molar-refractivity contribution in [2.45, 2.75) is 51.7 Å². The third kappa shape index (κ3) is 3.74. The summed E-state index contributed by atoms with van der Waals surface area (Å²) in [6.45, 7) is 5.42. The minimum Gasteiger partial charge on any atom is -0.444 e. The summed E-state index contributed by atoms with van der Waals surface area (Å²) >= 11 is 1.45. The number of carbonyl (C=O) groups is 1. The lowest BCUT2D eigenvalue weighted by Crippen LogP contribution is -2.27. The molecule has 0 radical (unpaired) electrons. The summed E-state index contributed by atoms with van der Waals surface area (Å²) < 4.78 is 10.6. The van der Waals surface area contributed by atoms with E-state index in [9.17, 15) is 10.1 Å². The zero-order chi connectivity index (χ0) is 15.6. The standard InChI is InChI=1S/C15H20N2O3S/c1-15(2,3)20-14(18)17-13-11(8-16)10-6-5-9(19-4)7-12(10)21-13/h9H,5-7H2,1-4H3,(H,17,18). The van der Waals surface area contributed by atoms with Gasteiger partial charge in [0.25, 0.3) is 0 Å². The number of hydrogen-bond donors (Lipinski definition) is 1. The van der Waals surface area contributed by atoms with Crippen LogP contribution in [0.1, 0.15) is 43.2 Å². The van der Waals surface area contributed by atoms with Gasteiger partial charge in [0.2, 0.25) is 0 Å². The van der Waals surface area contributed by atoms with Crippen LogP contribution in [-0.4, -0.2) is 24.9 Å². The molecule has 1 aromatic heterocycles. The highest BCUT2D eigenvalue weighted by Gasteiger charge is 2.27. The molecule has 1 unspecified atom stereocenters. The molecule has 1 amide bonds. The van der Waals surface area contributed by atoms with Crippen molar-refractivity contribution in [2.75, 3.05) is 12.4 Å². The molecule has 0 aliphatic heterocycles. The van der Waals surface area contributed by atoms with Crippen LogP contribution in [0.5, 0.6) is 0 Å². The van der Waals surface area contributed by atoms with E-state index in [0.717, 1.165) is 29.7 Å². The second-order valence-corrected chi connectivity index (χ2v) is 7.15. The fourth-order valence-corrected chi connectivity index (χ4v) is 3.61. The molecule has 0 saturated carbocycles. The number of amides is 1. The fraction of sp³-hybridized carbons (Fsp3) is 0.600. The van der Waals surface area contributed by atoms with E-state index in [2.05, 4.69) is 11.4 Å². The number of fused-ring (bicyclic) bond motifs is 1. The SMILES string of the molecule is COC1CCc2c(sc(NC(=O)OC(C)(C)C)c2C#N)C1. The summed E-state index contributed by atoms with van der Waals surface area (Å²) in [5, 5.41) is 12.6. The second kappa shape index (κ2) is 6.04. The molecule has 2 rings (SSSR count). The molecule has 0 spiro atoms. The number of carbonyl (C=O) groups excluding carboxylic acids is 1. The Kier molecular flexibility index (Phi) is 4.55. The minimum absolute atomic E-state index is 0.192. The number of nitriles is 1. The summed E-state index contributed by atoms with van der Waals surface area (Å²) in [4.78, 5) is 13.0. The van der Waals surface area contributed by atoms with Crippen molar-refractivity contribution in [1.29, 1.82) is 5.26 Å². The van der Waals surface area contributed by atoms with Crippen molar-refractivity contribution < 1.29 is 14.3 Å². The lowest BCUT2D eigenvalue weighted by Gasteiger charge is -2.20. The Balaban J connectivity index is 2.20. The average Bonchev–Trinajstić information content (AvgIpc) is 2.71. The van der Waals surface area contributed by atoms with E-state index in [-0.39, 0.29) is 6.10 Å². The van der Waals surface area contributed by atoms with Crippen LogP contribution in [0.15, 0.2) is 0 Å². The Hall–Kier alpha value is -1.58. The molecule has 1 aromatic rings. The number of anilines is 1. The maximum absolute atomic E-state index is 11.9. The van der Waals surface area contributed by atoms with Gasteiger partial charge in [-0.1, -0.05) is 0 Å². The van der Waals surface area contributed by atoms with Crippen LogP contribution in [-0.2, 0) is 22.3 Å². The van der Waals surface area contributed by atoms with Crippen molar-refractivity contribution in [3.8, 4) is 6.07 Å². The zero-order valence-electron chi connectivity index (χ0n) is 12.8. The van der Waals surface area contributed by atoms with E-state index in [0.29, 0.717) is 10.6 Å². The number of nitrogens with one attached hydrogen (secondary N) is 1. The number of ether oxygens (including phenoxy) is 2. The van der Waals surface area contributed by atoms with Gasteiger partial charge >= 0.3 is 6.09 Å². The first kappa shape index (κ1) is 15.8. The third-order valence-corrected chi connectivity index (χ3v) is 4.45. The highest BCUT2D eigenvalue weighted by atomic mass is 32.1. The molecule has 0 bridgehead atoms. The molecule has 0 fully saturated rings. The van der Waals surface area contributed by atoms with E-state index in [1.54, 1.807) is 27.9 Å². The van der Waals surface area contributed by atoms with Crippen molar-refractivity contribution in [3.63, 3.8) is 0 Å². The molecule has 1 aliphatic carbocycles. The van der Waals surface area contributed by atoms with E-state index >= 15 is 0 Å². The highest BCUT2D eigenvalue weighted by Crippen LogP contribution is 2.38. The van der Waals surface area contributed by atoms with Crippen LogP contribution in [0.4, 0.5) is 9.80 Å². The maximum Gasteiger partial charge on any atom is 0.412 e. The van der Waals surface area contributed by atoms with Gasteiger partial charge in [-0.25, -0.2) is 4.79 Å². The largest absolute Gasteiger partial charge is 0.444 e. The summed E-state index contributed by atoms with van der Waals surface area (Å²) in [6, 6.07) is 2.20. The number of hydrogen-bond acceptors (Lipinski definition) is 5. The highest BCUT2D eigenvalue weighted by molar-refractivity contribution is 7.16. The molecule has 6 heteroatoms. The third-order valence-electron chi connectivity index (χ3n) is 3.28. The van der Waals surface area contributed by atoms with Gasteiger partial charge in [-0.05, 0) is 39.2 Å². The normalized spacial score (nSPS) is 17.8. The van der Waals surface area contributed by atoms with Crippen molar-refractivity contribution in [2.24, 2.45) is 0 Å². The van der Waals surface area contributed by atoms with Gasteiger partial charge in [-0.3, -0.25) is 5.32 Å². The topological polar surface area (TPSA) is 71.3 Å². The minimum atomic E-state index is -0.561. The van der Waals surface area contributed by atoms with Crippen molar-refractivity contribution >= 4 is 22.4 Å². The maximum atomic E-state index is 11.9. The van der Waals surface area contributed by atoms with Gasteiger partial charge in [0, 0.05) is 18.4 Å². The first-order chi connectivity index (χ1) is 9.84. The molecule has 0 aromatic carbocycles. The fourth-order valence-electron chi connectivity index (χ4n) is 2.36. The van der Waals surface area contributed by atoms with E-state index in [1.807, 2.05) is 0 Å². The number of methoxy groups -OCH3 is 1.